The van der Waals surface area contributed by atoms with Gasteiger partial charge in [-0.05, 0) is 40.8 Å². The molecule has 0 saturated carbocycles. The van der Waals surface area contributed by atoms with Crippen molar-refractivity contribution in [1.29, 1.82) is 0 Å². The number of aromatic nitrogens is 2. The topological polar surface area (TPSA) is 63.8 Å². The van der Waals surface area contributed by atoms with Crippen LogP contribution >= 0.6 is 34.8 Å². The van der Waals surface area contributed by atoms with Crippen LogP contribution in [0.3, 0.4) is 0 Å². The number of nitrogens with zero attached hydrogens (tertiary/aromatic N) is 2. The van der Waals surface area contributed by atoms with E-state index in [1.807, 2.05) is 24.3 Å². The zero-order valence-corrected chi connectivity index (χ0v) is 11.7. The largest absolute Gasteiger partial charge is 0.388 e. The highest BCUT2D eigenvalue weighted by Gasteiger charge is 2.03. The van der Waals surface area contributed by atoms with E-state index in [1.54, 1.807) is 12.3 Å². The van der Waals surface area contributed by atoms with Gasteiger partial charge in [0.2, 0.25) is 5.95 Å². The van der Waals surface area contributed by atoms with E-state index < -0.39 is 0 Å². The van der Waals surface area contributed by atoms with Gasteiger partial charge in [0, 0.05) is 9.77 Å². The molecule has 0 amide bonds. The minimum atomic E-state index is 0.262. The summed E-state index contributed by atoms with van der Waals surface area (Å²) < 4.78 is 1.09. The van der Waals surface area contributed by atoms with Gasteiger partial charge in [-0.3, -0.25) is 0 Å². The fourth-order valence-electron chi connectivity index (χ4n) is 1.24. The Morgan fingerprint density at radius 1 is 1.29 bits per heavy atom. The molecule has 1 aromatic heterocycles. The molecule has 0 unspecified atom stereocenters. The molecule has 0 aliphatic rings. The van der Waals surface area contributed by atoms with E-state index >= 15 is 0 Å². The summed E-state index contributed by atoms with van der Waals surface area (Å²) >= 11 is 7.11. The third-order valence-electron chi connectivity index (χ3n) is 2.03. The van der Waals surface area contributed by atoms with Gasteiger partial charge in [0.15, 0.2) is 0 Å². The number of nitrogens with two attached hydrogens (primary N) is 1. The maximum Gasteiger partial charge on any atom is 0.227 e. The molecule has 2 rings (SSSR count). The van der Waals surface area contributed by atoms with Crippen molar-refractivity contribution in [3.8, 4) is 0 Å². The van der Waals surface area contributed by atoms with Gasteiger partial charge in [-0.2, -0.15) is 0 Å². The average molecular weight is 356 g/mol. The summed E-state index contributed by atoms with van der Waals surface area (Å²) in [5, 5.41) is 3.12. The quantitative estimate of drug-likeness (QED) is 0.654. The number of thiocarbonyl (C=S) groups is 1. The van der Waals surface area contributed by atoms with Crippen molar-refractivity contribution in [3.05, 3.63) is 45.8 Å². The summed E-state index contributed by atoms with van der Waals surface area (Å²) in [6, 6.07) is 9.56. The highest BCUT2D eigenvalue weighted by Crippen LogP contribution is 2.19. The molecule has 0 fully saturated rings. The molecule has 86 valence electrons. The van der Waals surface area contributed by atoms with E-state index in [1.165, 1.54) is 0 Å². The maximum absolute atomic E-state index is 5.52. The predicted molar refractivity (Wildman–Crippen MR) is 80.4 cm³/mol. The van der Waals surface area contributed by atoms with Crippen LogP contribution in [0, 0.1) is 3.57 Å². The molecule has 0 atom stereocenters. The zero-order valence-electron chi connectivity index (χ0n) is 8.72. The van der Waals surface area contributed by atoms with E-state index in [0.29, 0.717) is 11.6 Å². The molecule has 6 heteroatoms. The molecule has 0 spiro atoms. The van der Waals surface area contributed by atoms with Crippen molar-refractivity contribution in [2.45, 2.75) is 0 Å². The normalized spacial score (nSPS) is 9.94. The van der Waals surface area contributed by atoms with Crippen LogP contribution in [0.1, 0.15) is 5.69 Å². The van der Waals surface area contributed by atoms with Crippen LogP contribution in [0.25, 0.3) is 0 Å². The fourth-order valence-corrected chi connectivity index (χ4v) is 1.88. The molecular weight excluding hydrogens is 347 g/mol. The minimum absolute atomic E-state index is 0.262. The predicted octanol–water partition coefficient (Wildman–Crippen LogP) is 2.46. The van der Waals surface area contributed by atoms with Crippen LogP contribution in [0.2, 0.25) is 0 Å². The number of hydrogen-bond acceptors (Lipinski definition) is 4. The van der Waals surface area contributed by atoms with E-state index in [0.717, 1.165) is 9.26 Å². The molecule has 17 heavy (non-hydrogen) atoms. The monoisotopic (exact) mass is 356 g/mol. The molecule has 0 saturated heterocycles. The maximum atomic E-state index is 5.52. The zero-order chi connectivity index (χ0) is 12.3. The highest BCUT2D eigenvalue weighted by molar-refractivity contribution is 14.1. The Hall–Kier alpha value is -1.28. The Kier molecular flexibility index (Phi) is 3.85. The van der Waals surface area contributed by atoms with Gasteiger partial charge >= 0.3 is 0 Å². The first-order chi connectivity index (χ1) is 8.16. The first-order valence-electron chi connectivity index (χ1n) is 4.81. The minimum Gasteiger partial charge on any atom is -0.388 e. The number of para-hydroxylation sites is 1. The lowest BCUT2D eigenvalue weighted by molar-refractivity contribution is 1.15. The van der Waals surface area contributed by atoms with E-state index in [2.05, 4.69) is 37.9 Å². The van der Waals surface area contributed by atoms with Gasteiger partial charge in [-0.25, -0.2) is 9.97 Å². The lowest BCUT2D eigenvalue weighted by atomic mass is 10.3. The van der Waals surface area contributed by atoms with Crippen molar-refractivity contribution in [1.82, 2.24) is 9.97 Å². The Balaban J connectivity index is 2.28. The number of hydrogen-bond donors (Lipinski definition) is 2. The van der Waals surface area contributed by atoms with Gasteiger partial charge < -0.3 is 11.1 Å². The van der Waals surface area contributed by atoms with Crippen LogP contribution in [0.4, 0.5) is 11.6 Å². The number of anilines is 2. The first-order valence-corrected chi connectivity index (χ1v) is 6.30. The lowest BCUT2D eigenvalue weighted by Gasteiger charge is -2.07. The van der Waals surface area contributed by atoms with Gasteiger partial charge in [-0.15, -0.1) is 0 Å². The van der Waals surface area contributed by atoms with Crippen molar-refractivity contribution in [2.24, 2.45) is 5.73 Å². The number of benzene rings is 1. The van der Waals surface area contributed by atoms with Gasteiger partial charge in [-0.1, -0.05) is 24.4 Å². The fraction of sp³-hybridized carbons (Fsp3) is 0. The second-order valence-electron chi connectivity index (χ2n) is 3.23. The van der Waals surface area contributed by atoms with Crippen LogP contribution in [-0.4, -0.2) is 15.0 Å². The highest BCUT2D eigenvalue weighted by atomic mass is 127. The summed E-state index contributed by atoms with van der Waals surface area (Å²) in [6.45, 7) is 0. The third kappa shape index (κ3) is 3.10. The Morgan fingerprint density at radius 2 is 2.06 bits per heavy atom. The molecule has 3 N–H and O–H groups in total. The Morgan fingerprint density at radius 3 is 2.76 bits per heavy atom. The van der Waals surface area contributed by atoms with E-state index in [9.17, 15) is 0 Å². The molecule has 2 aromatic rings. The lowest BCUT2D eigenvalue weighted by Crippen LogP contribution is -2.12. The Labute approximate surface area is 118 Å². The summed E-state index contributed by atoms with van der Waals surface area (Å²) in [7, 11) is 0. The van der Waals surface area contributed by atoms with Crippen molar-refractivity contribution < 1.29 is 0 Å². The van der Waals surface area contributed by atoms with Crippen LogP contribution in [0.5, 0.6) is 0 Å². The third-order valence-corrected chi connectivity index (χ3v) is 3.18. The van der Waals surface area contributed by atoms with Crippen molar-refractivity contribution in [3.63, 3.8) is 0 Å². The van der Waals surface area contributed by atoms with Crippen molar-refractivity contribution in [2.75, 3.05) is 5.32 Å². The van der Waals surface area contributed by atoms with Crippen LogP contribution in [-0.2, 0) is 0 Å². The second-order valence-corrected chi connectivity index (χ2v) is 4.84. The van der Waals surface area contributed by atoms with Gasteiger partial charge in [0.05, 0.1) is 5.69 Å². The first kappa shape index (κ1) is 12.2. The molecule has 0 aliphatic heterocycles. The van der Waals surface area contributed by atoms with E-state index in [4.69, 9.17) is 18.0 Å². The summed E-state index contributed by atoms with van der Waals surface area (Å²) in [5.41, 5.74) is 7.03. The number of rotatable bonds is 3. The summed E-state index contributed by atoms with van der Waals surface area (Å²) in [6.07, 6.45) is 1.62. The molecule has 0 aliphatic carbocycles. The average Bonchev–Trinajstić information content (AvgIpc) is 2.32. The molecule has 1 aromatic carbocycles. The number of nitrogens with one attached hydrogen (secondary N) is 1. The van der Waals surface area contributed by atoms with E-state index in [-0.39, 0.29) is 4.99 Å². The van der Waals surface area contributed by atoms with Gasteiger partial charge in [0.1, 0.15) is 10.7 Å². The molecular formula is C11H9IN4S. The molecule has 0 radical (unpaired) electrons. The SMILES string of the molecule is NC(=S)c1ccnc(Nc2ccccc2I)n1. The van der Waals surface area contributed by atoms with Crippen LogP contribution in [0.15, 0.2) is 36.5 Å². The van der Waals surface area contributed by atoms with Crippen molar-refractivity contribution >= 4 is 51.4 Å². The summed E-state index contributed by atoms with van der Waals surface area (Å²) in [4.78, 5) is 8.60. The molecule has 1 heterocycles. The second kappa shape index (κ2) is 5.37. The summed E-state index contributed by atoms with van der Waals surface area (Å²) in [5.74, 6) is 0.486. The van der Waals surface area contributed by atoms with Gasteiger partial charge in [0.25, 0.3) is 0 Å². The Bertz CT molecular complexity index is 559. The smallest absolute Gasteiger partial charge is 0.227 e. The molecule has 0 bridgehead atoms. The number of halogens is 1. The molecule has 4 nitrogen and oxygen atoms in total. The van der Waals surface area contributed by atoms with Crippen LogP contribution < -0.4 is 11.1 Å². The standard InChI is InChI=1S/C11H9IN4S/c12-7-3-1-2-4-8(7)15-11-14-6-5-9(16-11)10(13)17/h1-6H,(H2,13,17)(H,14,15,16).